The van der Waals surface area contributed by atoms with Crippen LogP contribution in [-0.4, -0.2) is 51.1 Å². The van der Waals surface area contributed by atoms with E-state index in [9.17, 15) is 28.7 Å². The fourth-order valence-electron chi connectivity index (χ4n) is 3.46. The first kappa shape index (κ1) is 22.3. The summed E-state index contributed by atoms with van der Waals surface area (Å²) in [4.78, 5) is 49.9. The highest BCUT2D eigenvalue weighted by molar-refractivity contribution is 5.95. The van der Waals surface area contributed by atoms with Crippen LogP contribution in [-0.2, 0) is 9.47 Å². The fraction of sp³-hybridized carbons (Fsp3) is 0.217. The van der Waals surface area contributed by atoms with E-state index < -0.39 is 54.3 Å². The van der Waals surface area contributed by atoms with Crippen LogP contribution in [0, 0.1) is 0 Å². The molecule has 0 bridgehead atoms. The van der Waals surface area contributed by atoms with Crippen LogP contribution in [0.15, 0.2) is 82.5 Å². The van der Waals surface area contributed by atoms with Crippen LogP contribution in [0.3, 0.4) is 0 Å². The number of aromatic nitrogens is 2. The second-order valence-electron chi connectivity index (χ2n) is 7.32. The van der Waals surface area contributed by atoms with Crippen molar-refractivity contribution in [3.8, 4) is 0 Å². The first-order valence-corrected chi connectivity index (χ1v) is 10.0. The van der Waals surface area contributed by atoms with Gasteiger partial charge in [-0.1, -0.05) is 36.4 Å². The molecule has 0 saturated carbocycles. The summed E-state index contributed by atoms with van der Waals surface area (Å²) in [5.74, 6) is -1.58. The first-order chi connectivity index (χ1) is 15.9. The van der Waals surface area contributed by atoms with Crippen LogP contribution in [0.4, 0.5) is 4.39 Å². The lowest BCUT2D eigenvalue weighted by Gasteiger charge is -2.17. The van der Waals surface area contributed by atoms with E-state index in [0.717, 1.165) is 16.8 Å². The number of hydrogen-bond acceptors (Lipinski definition) is 7. The summed E-state index contributed by atoms with van der Waals surface area (Å²) in [5.41, 5.74) is -1.67. The van der Waals surface area contributed by atoms with Gasteiger partial charge in [-0.05, 0) is 24.3 Å². The monoisotopic (exact) mass is 454 g/mol. The van der Waals surface area contributed by atoms with Crippen LogP contribution >= 0.6 is 0 Å². The van der Waals surface area contributed by atoms with Gasteiger partial charge >= 0.3 is 11.7 Å². The van der Waals surface area contributed by atoms with Crippen molar-refractivity contribution in [2.24, 2.45) is 0 Å². The highest BCUT2D eigenvalue weighted by Gasteiger charge is 2.46. The number of aliphatic hydroxyl groups is 1. The van der Waals surface area contributed by atoms with Gasteiger partial charge in [-0.15, -0.1) is 0 Å². The Morgan fingerprint density at radius 2 is 1.58 bits per heavy atom. The average Bonchev–Trinajstić information content (AvgIpc) is 3.12. The van der Waals surface area contributed by atoms with Gasteiger partial charge < -0.3 is 14.6 Å². The molecule has 2 aromatic carbocycles. The minimum Gasteiger partial charge on any atom is -0.459 e. The highest BCUT2D eigenvalue weighted by atomic mass is 19.1. The Bertz CT molecular complexity index is 1270. The number of halogens is 1. The summed E-state index contributed by atoms with van der Waals surface area (Å²) in [5, 5.41) is 10.2. The number of nitrogens with zero attached hydrogens (tertiary/aromatic N) is 2. The van der Waals surface area contributed by atoms with Gasteiger partial charge in [-0.25, -0.2) is 14.0 Å². The average molecular weight is 454 g/mol. The van der Waals surface area contributed by atoms with Crippen molar-refractivity contribution in [3.05, 3.63) is 105 Å². The predicted molar refractivity (Wildman–Crippen MR) is 113 cm³/mol. The molecule has 0 spiro atoms. The molecular formula is C23H19FN2O7. The van der Waals surface area contributed by atoms with Gasteiger partial charge in [-0.2, -0.15) is 4.57 Å². The quantitative estimate of drug-likeness (QED) is 0.575. The molecule has 1 saturated heterocycles. The summed E-state index contributed by atoms with van der Waals surface area (Å²) < 4.78 is 26.5. The third-order valence-electron chi connectivity index (χ3n) is 5.19. The molecule has 33 heavy (non-hydrogen) atoms. The van der Waals surface area contributed by atoms with Gasteiger partial charge in [0, 0.05) is 17.8 Å². The molecular weight excluding hydrogens is 435 g/mol. The van der Waals surface area contributed by atoms with Gasteiger partial charge in [0.1, 0.15) is 18.8 Å². The Morgan fingerprint density at radius 3 is 2.21 bits per heavy atom. The van der Waals surface area contributed by atoms with Gasteiger partial charge in [-0.3, -0.25) is 14.2 Å². The summed E-state index contributed by atoms with van der Waals surface area (Å²) in [6, 6.07) is 16.6. The van der Waals surface area contributed by atoms with Crippen molar-refractivity contribution in [1.29, 1.82) is 0 Å². The SMILES string of the molecule is O=C(OC[C@H]1O[C@@H](n2ccc(=O)n(C(=O)c3ccccc3)c2=O)[C@H](F)[C@@H]1O)c1ccccc1. The lowest BCUT2D eigenvalue weighted by molar-refractivity contribution is -0.0558. The Balaban J connectivity index is 1.56. The van der Waals surface area contributed by atoms with Crippen molar-refractivity contribution >= 4 is 11.9 Å². The summed E-state index contributed by atoms with van der Waals surface area (Å²) in [6.45, 7) is -0.469. The maximum Gasteiger partial charge on any atom is 0.340 e. The normalized spacial score (nSPS) is 22.1. The zero-order valence-corrected chi connectivity index (χ0v) is 17.1. The van der Waals surface area contributed by atoms with E-state index in [1.165, 1.54) is 24.3 Å². The lowest BCUT2D eigenvalue weighted by Crippen LogP contribution is -2.45. The smallest absolute Gasteiger partial charge is 0.340 e. The Labute approximate surface area is 186 Å². The molecule has 0 amide bonds. The molecule has 1 aliphatic rings. The molecule has 4 atom stereocenters. The number of rotatable bonds is 5. The fourth-order valence-corrected chi connectivity index (χ4v) is 3.46. The molecule has 3 aromatic rings. The standard InChI is InChI=1S/C23H19FN2O7/c24-18-19(28)16(13-32-22(30)15-9-5-2-6-10-15)33-21(18)25-12-11-17(27)26(23(25)31)20(29)14-7-3-1-4-8-14/h1-12,16,18-19,21,28H,13H2/t16-,18-,19-,21-/m1/s1. The van der Waals surface area contributed by atoms with Crippen LogP contribution in [0.25, 0.3) is 0 Å². The molecule has 1 aromatic heterocycles. The number of hydrogen-bond donors (Lipinski definition) is 1. The molecule has 1 fully saturated rings. The molecule has 0 radical (unpaired) electrons. The van der Waals surface area contributed by atoms with Crippen molar-refractivity contribution in [3.63, 3.8) is 0 Å². The highest BCUT2D eigenvalue weighted by Crippen LogP contribution is 2.31. The second kappa shape index (κ2) is 9.31. The minimum atomic E-state index is -2.08. The molecule has 170 valence electrons. The van der Waals surface area contributed by atoms with Crippen molar-refractivity contribution < 1.29 is 28.6 Å². The third-order valence-corrected chi connectivity index (χ3v) is 5.19. The van der Waals surface area contributed by atoms with Gasteiger partial charge in [0.05, 0.1) is 5.56 Å². The molecule has 10 heteroatoms. The van der Waals surface area contributed by atoms with Crippen molar-refractivity contribution in [1.82, 2.24) is 9.13 Å². The molecule has 0 unspecified atom stereocenters. The number of esters is 1. The Hall–Kier alpha value is -3.89. The number of alkyl halides is 1. The van der Waals surface area contributed by atoms with Crippen LogP contribution in [0.1, 0.15) is 26.9 Å². The Morgan fingerprint density at radius 1 is 0.970 bits per heavy atom. The van der Waals surface area contributed by atoms with E-state index >= 15 is 0 Å². The zero-order valence-electron chi connectivity index (χ0n) is 17.1. The number of benzene rings is 2. The Kier molecular flexibility index (Phi) is 6.29. The number of aliphatic hydroxyl groups excluding tert-OH is 1. The van der Waals surface area contributed by atoms with Gasteiger partial charge in [0.25, 0.3) is 11.5 Å². The molecule has 9 nitrogen and oxygen atoms in total. The molecule has 2 heterocycles. The predicted octanol–water partition coefficient (Wildman–Crippen LogP) is 1.15. The summed E-state index contributed by atoms with van der Waals surface area (Å²) in [6.07, 6.45) is -5.71. The van der Waals surface area contributed by atoms with Gasteiger partial charge in [0.15, 0.2) is 12.4 Å². The van der Waals surface area contributed by atoms with E-state index in [-0.39, 0.29) is 11.1 Å². The van der Waals surface area contributed by atoms with Crippen LogP contribution in [0.5, 0.6) is 0 Å². The maximum absolute atomic E-state index is 14.9. The van der Waals surface area contributed by atoms with E-state index in [0.29, 0.717) is 4.57 Å². The zero-order chi connectivity index (χ0) is 23.5. The van der Waals surface area contributed by atoms with E-state index in [4.69, 9.17) is 9.47 Å². The van der Waals surface area contributed by atoms with Gasteiger partial charge in [0.2, 0.25) is 0 Å². The number of ether oxygens (including phenoxy) is 2. The maximum atomic E-state index is 14.9. The summed E-state index contributed by atoms with van der Waals surface area (Å²) >= 11 is 0. The second-order valence-corrected chi connectivity index (χ2v) is 7.32. The minimum absolute atomic E-state index is 0.0873. The molecule has 1 aliphatic heterocycles. The lowest BCUT2D eigenvalue weighted by atomic mass is 10.1. The first-order valence-electron chi connectivity index (χ1n) is 10.0. The molecule has 0 aliphatic carbocycles. The number of carbonyl (C=O) groups is 2. The molecule has 1 N–H and O–H groups in total. The third kappa shape index (κ3) is 4.38. The molecule has 4 rings (SSSR count). The van der Waals surface area contributed by atoms with E-state index in [2.05, 4.69) is 0 Å². The van der Waals surface area contributed by atoms with Crippen molar-refractivity contribution in [2.45, 2.75) is 24.6 Å². The topological polar surface area (TPSA) is 117 Å². The van der Waals surface area contributed by atoms with Crippen molar-refractivity contribution in [2.75, 3.05) is 6.61 Å². The van der Waals surface area contributed by atoms with E-state index in [1.807, 2.05) is 0 Å². The largest absolute Gasteiger partial charge is 0.459 e. The van der Waals surface area contributed by atoms with E-state index in [1.54, 1.807) is 36.4 Å². The number of carbonyl (C=O) groups excluding carboxylic acids is 2. The summed E-state index contributed by atoms with van der Waals surface area (Å²) in [7, 11) is 0. The van der Waals surface area contributed by atoms with Crippen LogP contribution in [0.2, 0.25) is 0 Å². The van der Waals surface area contributed by atoms with Crippen LogP contribution < -0.4 is 11.2 Å².